The van der Waals surface area contributed by atoms with Gasteiger partial charge in [0.2, 0.25) is 5.91 Å². The van der Waals surface area contributed by atoms with Crippen LogP contribution in [-0.4, -0.2) is 68.3 Å². The highest BCUT2D eigenvalue weighted by Crippen LogP contribution is 2.40. The van der Waals surface area contributed by atoms with Crippen LogP contribution in [0.1, 0.15) is 45.2 Å². The van der Waals surface area contributed by atoms with Gasteiger partial charge < -0.3 is 28.9 Å². The molecule has 0 radical (unpaired) electrons. The predicted molar refractivity (Wildman–Crippen MR) is 149 cm³/mol. The van der Waals surface area contributed by atoms with Crippen molar-refractivity contribution in [2.45, 2.75) is 52.7 Å². The summed E-state index contributed by atoms with van der Waals surface area (Å²) in [6.07, 6.45) is 0.617. The van der Waals surface area contributed by atoms with E-state index in [4.69, 9.17) is 14.2 Å². The molecule has 9 nitrogen and oxygen atoms in total. The lowest BCUT2D eigenvalue weighted by Crippen LogP contribution is -2.49. The molecule has 2 heterocycles. The summed E-state index contributed by atoms with van der Waals surface area (Å²) in [6, 6.07) is 13.6. The monoisotopic (exact) mass is 537 g/mol. The molecule has 4 rings (SSSR count). The number of nitrogens with zero attached hydrogens (tertiary/aromatic N) is 3. The van der Waals surface area contributed by atoms with Crippen LogP contribution in [0.5, 0.6) is 5.75 Å². The maximum Gasteiger partial charge on any atom is 0.410 e. The maximum atomic E-state index is 13.4. The van der Waals surface area contributed by atoms with E-state index >= 15 is 0 Å². The molecule has 0 aliphatic carbocycles. The number of carbonyl (C=O) groups is 3. The summed E-state index contributed by atoms with van der Waals surface area (Å²) in [6.45, 7) is 10.3. The number of hydrogen-bond donors (Lipinski definition) is 0. The van der Waals surface area contributed by atoms with Crippen molar-refractivity contribution in [3.05, 3.63) is 53.6 Å². The maximum absolute atomic E-state index is 13.4. The van der Waals surface area contributed by atoms with Crippen molar-refractivity contribution in [3.8, 4) is 5.75 Å². The molecule has 0 N–H and O–H groups in total. The lowest BCUT2D eigenvalue weighted by atomic mass is 9.99. The first-order chi connectivity index (χ1) is 18.6. The van der Waals surface area contributed by atoms with Gasteiger partial charge >= 0.3 is 12.1 Å². The van der Waals surface area contributed by atoms with Crippen molar-refractivity contribution < 1.29 is 28.6 Å². The van der Waals surface area contributed by atoms with Gasteiger partial charge in [-0.3, -0.25) is 9.59 Å². The Labute approximate surface area is 230 Å². The zero-order chi connectivity index (χ0) is 28.2. The third kappa shape index (κ3) is 6.64. The normalized spacial score (nSPS) is 17.8. The number of methoxy groups -OCH3 is 1. The van der Waals surface area contributed by atoms with Crippen molar-refractivity contribution in [1.82, 2.24) is 4.90 Å². The Hall–Kier alpha value is -3.75. The number of ether oxygens (including phenoxy) is 3. The Morgan fingerprint density at radius 3 is 2.31 bits per heavy atom. The van der Waals surface area contributed by atoms with E-state index in [0.29, 0.717) is 51.3 Å². The van der Waals surface area contributed by atoms with E-state index in [9.17, 15) is 14.4 Å². The number of amides is 2. The number of carbonyl (C=O) groups excluding carboxylic acids is 3. The second kappa shape index (κ2) is 12.0. The van der Waals surface area contributed by atoms with Crippen LogP contribution in [0.25, 0.3) is 0 Å². The second-order valence-corrected chi connectivity index (χ2v) is 10.9. The fraction of sp³-hybridized carbons (Fsp3) is 0.500. The number of rotatable bonds is 6. The smallest absolute Gasteiger partial charge is 0.410 e. The Morgan fingerprint density at radius 2 is 1.69 bits per heavy atom. The van der Waals surface area contributed by atoms with Gasteiger partial charge in [0.1, 0.15) is 23.9 Å². The highest BCUT2D eigenvalue weighted by atomic mass is 16.6. The first-order valence-electron chi connectivity index (χ1n) is 13.6. The third-order valence-electron chi connectivity index (χ3n) is 7.03. The number of hydrogen-bond acceptors (Lipinski definition) is 7. The summed E-state index contributed by atoms with van der Waals surface area (Å²) in [5, 5.41) is 0. The number of benzene rings is 2. The molecule has 1 atom stereocenters. The average Bonchev–Trinajstić information content (AvgIpc) is 3.05. The summed E-state index contributed by atoms with van der Waals surface area (Å²) in [5.74, 6) is -0.934. The van der Waals surface area contributed by atoms with Gasteiger partial charge in [-0.25, -0.2) is 4.79 Å². The van der Waals surface area contributed by atoms with E-state index in [1.54, 1.807) is 37.7 Å². The van der Waals surface area contributed by atoms with Crippen LogP contribution in [0.2, 0.25) is 0 Å². The molecule has 1 saturated heterocycles. The minimum Gasteiger partial charge on any atom is -0.495 e. The van der Waals surface area contributed by atoms with E-state index in [0.717, 1.165) is 22.5 Å². The third-order valence-corrected chi connectivity index (χ3v) is 7.03. The standard InChI is InChI=1S/C30H39N3O6/c1-6-33-24-19-26(37-5)25(18-22(24)12-13-23(27(33)34)28(35)39-30(2,3)4)31-14-16-32(17-15-31)29(36)38-20-21-10-8-7-9-11-21/h7-11,18-19,23H,6,12-17,20H2,1-5H3. The Balaban J connectivity index is 1.47. The minimum absolute atomic E-state index is 0.246. The number of aryl methyl sites for hydroxylation is 1. The summed E-state index contributed by atoms with van der Waals surface area (Å²) < 4.78 is 16.8. The largest absolute Gasteiger partial charge is 0.495 e. The van der Waals surface area contributed by atoms with Gasteiger partial charge in [-0.2, -0.15) is 0 Å². The van der Waals surface area contributed by atoms with Crippen LogP contribution in [-0.2, 0) is 32.1 Å². The van der Waals surface area contributed by atoms with Crippen molar-refractivity contribution in [1.29, 1.82) is 0 Å². The van der Waals surface area contributed by atoms with Crippen molar-refractivity contribution in [2.75, 3.05) is 49.6 Å². The quantitative estimate of drug-likeness (QED) is 0.398. The highest BCUT2D eigenvalue weighted by molar-refractivity contribution is 6.07. The van der Waals surface area contributed by atoms with Crippen molar-refractivity contribution in [2.24, 2.45) is 5.92 Å². The number of anilines is 2. The zero-order valence-corrected chi connectivity index (χ0v) is 23.6. The van der Waals surface area contributed by atoms with Crippen LogP contribution >= 0.6 is 0 Å². The predicted octanol–water partition coefficient (Wildman–Crippen LogP) is 4.41. The highest BCUT2D eigenvalue weighted by Gasteiger charge is 2.38. The zero-order valence-electron chi connectivity index (χ0n) is 23.6. The molecule has 2 aromatic rings. The van der Waals surface area contributed by atoms with Crippen LogP contribution in [0, 0.1) is 5.92 Å². The molecule has 2 amide bonds. The van der Waals surface area contributed by atoms with Crippen LogP contribution in [0.15, 0.2) is 42.5 Å². The van der Waals surface area contributed by atoms with Crippen LogP contribution in [0.3, 0.4) is 0 Å². The number of piperazine rings is 1. The van der Waals surface area contributed by atoms with E-state index in [1.807, 2.05) is 43.3 Å². The van der Waals surface area contributed by atoms with Gasteiger partial charge in [-0.1, -0.05) is 30.3 Å². The van der Waals surface area contributed by atoms with Gasteiger partial charge in [0.15, 0.2) is 0 Å². The van der Waals surface area contributed by atoms with E-state index in [2.05, 4.69) is 11.0 Å². The molecule has 39 heavy (non-hydrogen) atoms. The Morgan fingerprint density at radius 1 is 1.00 bits per heavy atom. The molecule has 0 spiro atoms. The van der Waals surface area contributed by atoms with Gasteiger partial charge in [0.05, 0.1) is 18.5 Å². The molecular formula is C30H39N3O6. The lowest BCUT2D eigenvalue weighted by molar-refractivity contribution is -0.162. The average molecular weight is 538 g/mol. The summed E-state index contributed by atoms with van der Waals surface area (Å²) in [4.78, 5) is 44.5. The molecule has 1 unspecified atom stereocenters. The van der Waals surface area contributed by atoms with Gasteiger partial charge in [-0.05, 0) is 57.7 Å². The minimum atomic E-state index is -0.850. The Kier molecular flexibility index (Phi) is 8.67. The van der Waals surface area contributed by atoms with Crippen molar-refractivity contribution >= 4 is 29.3 Å². The van der Waals surface area contributed by atoms with Crippen LogP contribution < -0.4 is 14.5 Å². The van der Waals surface area contributed by atoms with Gasteiger partial charge in [0, 0.05) is 38.8 Å². The number of fused-ring (bicyclic) bond motifs is 1. The molecule has 1 fully saturated rings. The molecule has 2 aliphatic heterocycles. The van der Waals surface area contributed by atoms with E-state index in [1.165, 1.54) is 0 Å². The van der Waals surface area contributed by atoms with Gasteiger partial charge in [-0.15, -0.1) is 0 Å². The fourth-order valence-corrected chi connectivity index (χ4v) is 5.05. The van der Waals surface area contributed by atoms with Crippen molar-refractivity contribution in [3.63, 3.8) is 0 Å². The molecule has 210 valence electrons. The molecule has 9 heteroatoms. The first-order valence-corrected chi connectivity index (χ1v) is 13.6. The fourth-order valence-electron chi connectivity index (χ4n) is 5.05. The molecule has 0 bridgehead atoms. The van der Waals surface area contributed by atoms with Crippen LogP contribution in [0.4, 0.5) is 16.2 Å². The SMILES string of the molecule is CCN1C(=O)C(C(=O)OC(C)(C)C)CCc2cc(N3CCN(C(=O)OCc4ccccc4)CC3)c(OC)cc21. The molecule has 2 aromatic carbocycles. The van der Waals surface area contributed by atoms with E-state index in [-0.39, 0.29) is 18.6 Å². The first kappa shape index (κ1) is 28.3. The van der Waals surface area contributed by atoms with E-state index < -0.39 is 17.5 Å². The second-order valence-electron chi connectivity index (χ2n) is 10.9. The molecule has 0 saturated carbocycles. The lowest BCUT2D eigenvalue weighted by Gasteiger charge is -2.36. The summed E-state index contributed by atoms with van der Waals surface area (Å²) >= 11 is 0. The number of esters is 1. The molecule has 0 aromatic heterocycles. The molecule has 2 aliphatic rings. The summed E-state index contributed by atoms with van der Waals surface area (Å²) in [7, 11) is 1.61. The molecular weight excluding hydrogens is 498 g/mol. The van der Waals surface area contributed by atoms with Gasteiger partial charge in [0.25, 0.3) is 0 Å². The summed E-state index contributed by atoms with van der Waals surface area (Å²) in [5.41, 5.74) is 2.94. The topological polar surface area (TPSA) is 88.6 Å². The Bertz CT molecular complexity index is 1190.